The Hall–Kier alpha value is -2.63. The fourth-order valence-corrected chi connectivity index (χ4v) is 3.12. The van der Waals surface area contributed by atoms with Gasteiger partial charge in [0.15, 0.2) is 0 Å². The van der Waals surface area contributed by atoms with E-state index in [1.807, 2.05) is 18.2 Å². The molecule has 2 N–H and O–H groups in total. The zero-order chi connectivity index (χ0) is 17.1. The quantitative estimate of drug-likeness (QED) is 0.892. The molecule has 0 saturated heterocycles. The van der Waals surface area contributed by atoms with Crippen LogP contribution in [0.1, 0.15) is 36.4 Å². The van der Waals surface area contributed by atoms with Crippen molar-refractivity contribution < 1.29 is 9.59 Å². The molecule has 6 nitrogen and oxygen atoms in total. The lowest BCUT2D eigenvalue weighted by molar-refractivity contribution is -0.136. The molecule has 0 fully saturated rings. The van der Waals surface area contributed by atoms with E-state index in [2.05, 4.69) is 27.6 Å². The Bertz CT molecular complexity index is 739. The van der Waals surface area contributed by atoms with Gasteiger partial charge in [0, 0.05) is 44.1 Å². The van der Waals surface area contributed by atoms with Gasteiger partial charge < -0.3 is 10.2 Å². The third-order valence-corrected chi connectivity index (χ3v) is 4.34. The lowest BCUT2D eigenvalue weighted by Crippen LogP contribution is -2.47. The summed E-state index contributed by atoms with van der Waals surface area (Å²) in [4.78, 5) is 25.5. The maximum absolute atomic E-state index is 12.5. The Labute approximate surface area is 141 Å². The molecule has 1 atom stereocenters. The van der Waals surface area contributed by atoms with E-state index in [4.69, 9.17) is 0 Å². The molecule has 24 heavy (non-hydrogen) atoms. The average Bonchev–Trinajstić information content (AvgIpc) is 2.96. The van der Waals surface area contributed by atoms with Crippen molar-refractivity contribution in [2.24, 2.45) is 0 Å². The fourth-order valence-electron chi connectivity index (χ4n) is 3.12. The number of rotatable bonds is 4. The predicted octanol–water partition coefficient (Wildman–Crippen LogP) is 1.41. The summed E-state index contributed by atoms with van der Waals surface area (Å²) in [5.74, 6) is -0.246. The molecule has 0 radical (unpaired) electrons. The van der Waals surface area contributed by atoms with Crippen LogP contribution in [0.2, 0.25) is 0 Å². The van der Waals surface area contributed by atoms with Crippen molar-refractivity contribution >= 4 is 11.8 Å². The van der Waals surface area contributed by atoms with Crippen LogP contribution in [0.4, 0.5) is 0 Å². The molecule has 1 aliphatic rings. The van der Waals surface area contributed by atoms with Gasteiger partial charge in [0.1, 0.15) is 6.04 Å². The minimum atomic E-state index is -0.506. The highest BCUT2D eigenvalue weighted by atomic mass is 16.2. The summed E-state index contributed by atoms with van der Waals surface area (Å²) < 4.78 is 0. The zero-order valence-corrected chi connectivity index (χ0v) is 14.0. The number of hydrogen-bond acceptors (Lipinski definition) is 3. The van der Waals surface area contributed by atoms with Gasteiger partial charge in [0.25, 0.3) is 0 Å². The summed E-state index contributed by atoms with van der Waals surface area (Å²) in [6.07, 6.45) is 1.51. The molecule has 3 rings (SSSR count). The number of H-pyrrole nitrogens is 1. The first kappa shape index (κ1) is 16.2. The summed E-state index contributed by atoms with van der Waals surface area (Å²) in [5.41, 5.74) is 4.40. The van der Waals surface area contributed by atoms with Crippen molar-refractivity contribution in [2.45, 2.75) is 39.3 Å². The molecule has 1 aromatic carbocycles. The number of carbonyl (C=O) groups is 2. The molecule has 2 amide bonds. The molecule has 0 spiro atoms. The first-order chi connectivity index (χ1) is 11.5. The summed E-state index contributed by atoms with van der Waals surface area (Å²) in [6, 6.07) is 9.66. The molecule has 2 heterocycles. The molecule has 0 aliphatic carbocycles. The summed E-state index contributed by atoms with van der Waals surface area (Å²) in [6.45, 7) is 4.32. The van der Waals surface area contributed by atoms with Gasteiger partial charge in [-0.25, -0.2) is 0 Å². The second kappa shape index (κ2) is 6.86. The number of nitrogens with zero attached hydrogens (tertiary/aromatic N) is 2. The highest BCUT2D eigenvalue weighted by Crippen LogP contribution is 2.23. The molecule has 0 unspecified atom stereocenters. The van der Waals surface area contributed by atoms with E-state index >= 15 is 0 Å². The van der Waals surface area contributed by atoms with Gasteiger partial charge in [0.05, 0.1) is 5.69 Å². The summed E-state index contributed by atoms with van der Waals surface area (Å²) in [5, 5.41) is 10.2. The Kier molecular flexibility index (Phi) is 4.64. The van der Waals surface area contributed by atoms with Gasteiger partial charge in [-0.05, 0) is 12.5 Å². The summed E-state index contributed by atoms with van der Waals surface area (Å²) >= 11 is 0. The van der Waals surface area contributed by atoms with Gasteiger partial charge in [-0.3, -0.25) is 14.7 Å². The highest BCUT2D eigenvalue weighted by Gasteiger charge is 2.28. The van der Waals surface area contributed by atoms with Gasteiger partial charge >= 0.3 is 0 Å². The average molecular weight is 326 g/mol. The predicted molar refractivity (Wildman–Crippen MR) is 90.2 cm³/mol. The molecular weight excluding hydrogens is 304 g/mol. The van der Waals surface area contributed by atoms with E-state index in [0.717, 1.165) is 29.8 Å². The van der Waals surface area contributed by atoms with Crippen LogP contribution in [0.25, 0.3) is 0 Å². The van der Waals surface area contributed by atoms with Gasteiger partial charge in [-0.15, -0.1) is 0 Å². The molecule has 2 aromatic rings. The van der Waals surface area contributed by atoms with Crippen molar-refractivity contribution in [1.82, 2.24) is 20.4 Å². The second-order valence-electron chi connectivity index (χ2n) is 6.22. The molecule has 126 valence electrons. The molecule has 6 heteroatoms. The number of carbonyl (C=O) groups excluding carboxylic acids is 2. The minimum Gasteiger partial charge on any atom is -0.345 e. The van der Waals surface area contributed by atoms with E-state index in [-0.39, 0.29) is 11.8 Å². The van der Waals surface area contributed by atoms with Crippen LogP contribution < -0.4 is 5.32 Å². The third-order valence-electron chi connectivity index (χ3n) is 4.34. The van der Waals surface area contributed by atoms with Gasteiger partial charge in [0.2, 0.25) is 11.8 Å². The van der Waals surface area contributed by atoms with Crippen LogP contribution in [0.5, 0.6) is 0 Å². The van der Waals surface area contributed by atoms with Crippen LogP contribution in [0, 0.1) is 0 Å². The van der Waals surface area contributed by atoms with Gasteiger partial charge in [-0.1, -0.05) is 30.3 Å². The van der Waals surface area contributed by atoms with Gasteiger partial charge in [-0.2, -0.15) is 5.10 Å². The normalized spacial score (nSPS) is 14.8. The SMILES string of the molecule is CC(=O)N[C@@H](C)C(=O)N1CCc2[nH]nc(Cc3ccccc3)c2C1. The number of fused-ring (bicyclic) bond motifs is 1. The standard InChI is InChI=1S/C18H22N4O2/c1-12(19-13(2)23)18(24)22-9-8-16-15(11-22)17(21-20-16)10-14-6-4-3-5-7-14/h3-7,12H,8-11H2,1-2H3,(H,19,23)(H,20,21)/t12-/m0/s1. The fraction of sp³-hybridized carbons (Fsp3) is 0.389. The molecular formula is C18H22N4O2. The van der Waals surface area contributed by atoms with E-state index in [1.54, 1.807) is 11.8 Å². The topological polar surface area (TPSA) is 78.1 Å². The van der Waals surface area contributed by atoms with E-state index in [0.29, 0.717) is 13.1 Å². The molecule has 0 saturated carbocycles. The van der Waals surface area contributed by atoms with E-state index in [1.165, 1.54) is 12.5 Å². The number of nitrogens with one attached hydrogen (secondary N) is 2. The lowest BCUT2D eigenvalue weighted by atomic mass is 10.0. The summed E-state index contributed by atoms with van der Waals surface area (Å²) in [7, 11) is 0. The van der Waals surface area contributed by atoms with Crippen LogP contribution in [-0.4, -0.2) is 39.5 Å². The number of aromatic nitrogens is 2. The van der Waals surface area contributed by atoms with Crippen molar-refractivity contribution in [2.75, 3.05) is 6.54 Å². The first-order valence-electron chi connectivity index (χ1n) is 8.19. The maximum atomic E-state index is 12.5. The van der Waals surface area contributed by atoms with Crippen LogP contribution >= 0.6 is 0 Å². The maximum Gasteiger partial charge on any atom is 0.245 e. The first-order valence-corrected chi connectivity index (χ1v) is 8.19. The Morgan fingerprint density at radius 2 is 2.08 bits per heavy atom. The van der Waals surface area contributed by atoms with Crippen LogP contribution in [0.3, 0.4) is 0 Å². The molecule has 0 bridgehead atoms. The minimum absolute atomic E-state index is 0.0530. The monoisotopic (exact) mass is 326 g/mol. The lowest BCUT2D eigenvalue weighted by Gasteiger charge is -2.29. The Balaban J connectivity index is 1.74. The largest absolute Gasteiger partial charge is 0.345 e. The Morgan fingerprint density at radius 3 is 2.79 bits per heavy atom. The van der Waals surface area contributed by atoms with Crippen molar-refractivity contribution in [1.29, 1.82) is 0 Å². The number of hydrogen-bond donors (Lipinski definition) is 2. The number of amides is 2. The molecule has 1 aromatic heterocycles. The van der Waals surface area contributed by atoms with Crippen molar-refractivity contribution in [3.63, 3.8) is 0 Å². The number of aromatic amines is 1. The van der Waals surface area contributed by atoms with Crippen molar-refractivity contribution in [3.8, 4) is 0 Å². The highest BCUT2D eigenvalue weighted by molar-refractivity contribution is 5.86. The zero-order valence-electron chi connectivity index (χ0n) is 14.0. The van der Waals surface area contributed by atoms with E-state index in [9.17, 15) is 9.59 Å². The number of benzene rings is 1. The molecule has 1 aliphatic heterocycles. The second-order valence-corrected chi connectivity index (χ2v) is 6.22. The Morgan fingerprint density at radius 1 is 1.33 bits per heavy atom. The van der Waals surface area contributed by atoms with E-state index < -0.39 is 6.04 Å². The smallest absolute Gasteiger partial charge is 0.245 e. The van der Waals surface area contributed by atoms with Crippen molar-refractivity contribution in [3.05, 3.63) is 52.8 Å². The third kappa shape index (κ3) is 3.48. The van der Waals surface area contributed by atoms with Crippen LogP contribution in [-0.2, 0) is 29.0 Å². The van der Waals surface area contributed by atoms with Crippen LogP contribution in [0.15, 0.2) is 30.3 Å².